The Labute approximate surface area is 186 Å². The van der Waals surface area contributed by atoms with E-state index in [1.54, 1.807) is 24.6 Å². The fourth-order valence-corrected chi connectivity index (χ4v) is 3.05. The number of fused-ring (bicyclic) bond motifs is 1. The second-order valence-corrected chi connectivity index (χ2v) is 6.68. The van der Waals surface area contributed by atoms with Crippen molar-refractivity contribution in [2.24, 2.45) is 7.05 Å². The van der Waals surface area contributed by atoms with E-state index in [9.17, 15) is 4.79 Å². The zero-order valence-corrected chi connectivity index (χ0v) is 20.1. The second kappa shape index (κ2) is 14.4. The van der Waals surface area contributed by atoms with Gasteiger partial charge in [0.05, 0.1) is 5.52 Å². The first-order chi connectivity index (χ1) is 14.4. The van der Waals surface area contributed by atoms with Crippen molar-refractivity contribution in [3.63, 3.8) is 0 Å². The third-order valence-corrected chi connectivity index (χ3v) is 4.19. The molecule has 0 radical (unpaired) electrons. The van der Waals surface area contributed by atoms with Crippen LogP contribution in [-0.4, -0.2) is 10.8 Å². The van der Waals surface area contributed by atoms with E-state index in [4.69, 9.17) is 17.0 Å². The van der Waals surface area contributed by atoms with Gasteiger partial charge >= 0.3 is 0 Å². The maximum atomic E-state index is 12.3. The molecular weight excluding hydrogens is 392 g/mol. The number of aromatic nitrogens is 1. The molecule has 3 rings (SSSR count). The fourth-order valence-electron chi connectivity index (χ4n) is 2.86. The molecule has 4 heteroatoms. The molecule has 2 aromatic carbocycles. The Morgan fingerprint density at radius 2 is 1.70 bits per heavy atom. The Morgan fingerprint density at radius 3 is 2.23 bits per heavy atom. The average molecular weight is 427 g/mol. The van der Waals surface area contributed by atoms with Crippen LogP contribution in [0.3, 0.4) is 0 Å². The molecule has 3 aromatic rings. The Hall–Kier alpha value is -2.65. The molecule has 0 aliphatic carbocycles. The maximum absolute atomic E-state index is 12.3. The van der Waals surface area contributed by atoms with Gasteiger partial charge in [0.15, 0.2) is 0 Å². The summed E-state index contributed by atoms with van der Waals surface area (Å²) in [5.74, 6) is 0. The number of nitrogens with zero attached hydrogens (tertiary/aromatic N) is 1. The topological polar surface area (TPSA) is 45.9 Å². The van der Waals surface area contributed by atoms with Gasteiger partial charge in [-0.15, -0.1) is 0 Å². The number of halogens is 1. The molecule has 0 spiro atoms. The van der Waals surface area contributed by atoms with Gasteiger partial charge in [-0.3, -0.25) is 4.79 Å². The zero-order chi connectivity index (χ0) is 23.3. The summed E-state index contributed by atoms with van der Waals surface area (Å²) in [5.41, 5.74) is 5.05. The van der Waals surface area contributed by atoms with Crippen molar-refractivity contribution in [3.8, 4) is 11.1 Å². The lowest BCUT2D eigenvalue weighted by atomic mass is 9.98. The van der Waals surface area contributed by atoms with Gasteiger partial charge in [-0.05, 0) is 67.4 Å². The molecule has 30 heavy (non-hydrogen) atoms. The largest absolute Gasteiger partial charge is 0.313 e. The summed E-state index contributed by atoms with van der Waals surface area (Å²) >= 11 is 6.12. The predicted molar refractivity (Wildman–Crippen MR) is 135 cm³/mol. The first-order valence-corrected chi connectivity index (χ1v) is 10.7. The lowest BCUT2D eigenvalue weighted by Gasteiger charge is -2.12. The van der Waals surface area contributed by atoms with Gasteiger partial charge in [0, 0.05) is 23.5 Å². The number of nitrogens with one attached hydrogen (secondary N) is 1. The highest BCUT2D eigenvalue weighted by molar-refractivity contribution is 6.30. The molecule has 1 N–H and O–H groups in total. The number of hydrogen-bond acceptors (Lipinski definition) is 2. The minimum Gasteiger partial charge on any atom is -0.313 e. The Bertz CT molecular complexity index is 1020. The number of aryl methyl sites for hydroxylation is 1. The van der Waals surface area contributed by atoms with Crippen LogP contribution in [0, 0.1) is 5.41 Å². The van der Waals surface area contributed by atoms with Crippen LogP contribution in [0.4, 0.5) is 0 Å². The Kier molecular flexibility index (Phi) is 13.1. The molecule has 0 saturated carbocycles. The first-order valence-electron chi connectivity index (χ1n) is 10.4. The Balaban J connectivity index is 0.00000108. The summed E-state index contributed by atoms with van der Waals surface area (Å²) in [7, 11) is 1.80. The molecule has 0 aliphatic heterocycles. The summed E-state index contributed by atoms with van der Waals surface area (Å²) in [6, 6.07) is 15.5. The highest BCUT2D eigenvalue weighted by atomic mass is 35.5. The van der Waals surface area contributed by atoms with Gasteiger partial charge < -0.3 is 9.98 Å². The normalized spacial score (nSPS) is 9.20. The van der Waals surface area contributed by atoms with Gasteiger partial charge in [-0.2, -0.15) is 0 Å². The average Bonchev–Trinajstić information content (AvgIpc) is 2.74. The number of hydrogen-bond donors (Lipinski definition) is 1. The van der Waals surface area contributed by atoms with Crippen molar-refractivity contribution in [3.05, 3.63) is 81.6 Å². The molecule has 1 heterocycles. The minimum atomic E-state index is -0.0277. The van der Waals surface area contributed by atoms with E-state index in [0.717, 1.165) is 34.0 Å². The summed E-state index contributed by atoms with van der Waals surface area (Å²) < 4.78 is 1.67. The zero-order valence-electron chi connectivity index (χ0n) is 19.3. The third kappa shape index (κ3) is 7.64. The molecule has 162 valence electrons. The lowest BCUT2D eigenvalue weighted by Crippen LogP contribution is -2.16. The fraction of sp³-hybridized carbons (Fsp3) is 0.308. The monoisotopic (exact) mass is 426 g/mol. The van der Waals surface area contributed by atoms with Crippen molar-refractivity contribution in [1.82, 2.24) is 4.57 Å². The van der Waals surface area contributed by atoms with E-state index < -0.39 is 0 Å². The quantitative estimate of drug-likeness (QED) is 0.338. The van der Waals surface area contributed by atoms with Crippen molar-refractivity contribution in [2.45, 2.75) is 48.0 Å². The van der Waals surface area contributed by atoms with Gasteiger partial charge in [-0.25, -0.2) is 0 Å². The molecule has 1 aromatic heterocycles. The van der Waals surface area contributed by atoms with E-state index in [-0.39, 0.29) is 5.56 Å². The summed E-state index contributed by atoms with van der Waals surface area (Å²) in [4.78, 5) is 12.3. The predicted octanol–water partition coefficient (Wildman–Crippen LogP) is 7.69. The minimum absolute atomic E-state index is 0.0277. The summed E-state index contributed by atoms with van der Waals surface area (Å²) in [6.07, 6.45) is 2.08. The van der Waals surface area contributed by atoms with Crippen LogP contribution in [0.1, 0.15) is 47.1 Å². The molecule has 0 saturated heterocycles. The van der Waals surface area contributed by atoms with Crippen molar-refractivity contribution < 1.29 is 0 Å². The SMILES string of the molecule is C=C(C)Cc1ccc2c(c1)c(-c1cccc(Cl)c1)cc(=O)n2C.CC.CC.CC=N. The molecule has 0 unspecified atom stereocenters. The molecule has 0 fully saturated rings. The number of allylic oxidation sites excluding steroid dienone is 1. The van der Waals surface area contributed by atoms with Crippen molar-refractivity contribution in [2.75, 3.05) is 0 Å². The highest BCUT2D eigenvalue weighted by Gasteiger charge is 2.10. The molecule has 0 aliphatic rings. The van der Waals surface area contributed by atoms with E-state index in [1.807, 2.05) is 65.0 Å². The molecule has 0 bridgehead atoms. The van der Waals surface area contributed by atoms with Crippen LogP contribution in [0.5, 0.6) is 0 Å². The molecule has 3 nitrogen and oxygen atoms in total. The second-order valence-electron chi connectivity index (χ2n) is 6.24. The maximum Gasteiger partial charge on any atom is 0.251 e. The molecular formula is C26H35ClN2O. The van der Waals surface area contributed by atoms with Gasteiger partial charge in [0.2, 0.25) is 0 Å². The highest BCUT2D eigenvalue weighted by Crippen LogP contribution is 2.29. The van der Waals surface area contributed by atoms with Gasteiger partial charge in [0.25, 0.3) is 5.56 Å². The third-order valence-electron chi connectivity index (χ3n) is 3.95. The lowest BCUT2D eigenvalue weighted by molar-refractivity contribution is 0.906. The van der Waals surface area contributed by atoms with Crippen LogP contribution in [-0.2, 0) is 13.5 Å². The smallest absolute Gasteiger partial charge is 0.251 e. The van der Waals surface area contributed by atoms with Crippen LogP contribution in [0.2, 0.25) is 5.02 Å². The van der Waals surface area contributed by atoms with E-state index in [1.165, 1.54) is 11.8 Å². The molecule has 0 atom stereocenters. The summed E-state index contributed by atoms with van der Waals surface area (Å²) in [6.45, 7) is 15.7. The van der Waals surface area contributed by atoms with Gasteiger partial charge in [-0.1, -0.05) is 69.6 Å². The van der Waals surface area contributed by atoms with Crippen LogP contribution >= 0.6 is 11.6 Å². The van der Waals surface area contributed by atoms with Crippen LogP contribution < -0.4 is 5.56 Å². The molecule has 0 amide bonds. The number of rotatable bonds is 3. The van der Waals surface area contributed by atoms with Crippen molar-refractivity contribution >= 4 is 28.7 Å². The number of benzene rings is 2. The van der Waals surface area contributed by atoms with Crippen molar-refractivity contribution in [1.29, 1.82) is 5.41 Å². The van der Waals surface area contributed by atoms with E-state index in [0.29, 0.717) is 5.02 Å². The summed E-state index contributed by atoms with van der Waals surface area (Å²) in [5, 5.41) is 7.79. The van der Waals surface area contributed by atoms with Crippen LogP contribution in [0.25, 0.3) is 22.0 Å². The Morgan fingerprint density at radius 1 is 1.10 bits per heavy atom. The van der Waals surface area contributed by atoms with E-state index in [2.05, 4.69) is 18.7 Å². The van der Waals surface area contributed by atoms with E-state index >= 15 is 0 Å². The van der Waals surface area contributed by atoms with Gasteiger partial charge in [0.1, 0.15) is 0 Å². The van der Waals surface area contributed by atoms with Crippen LogP contribution in [0.15, 0.2) is 65.5 Å². The standard InChI is InChI=1S/C20H18ClNO.C2H5N.2C2H6/c1-13(2)9-14-7-8-19-18(10-14)17(12-20(23)22(19)3)15-5-4-6-16(21)11-15;1-2-3;2*1-2/h4-8,10-12H,1,9H2,2-3H3;2-3H,1H3;2*1-2H3. The number of pyridine rings is 1. The first kappa shape index (κ1) is 27.4.